The number of alkyl halides is 1. The average molecular weight is 295 g/mol. The lowest BCUT2D eigenvalue weighted by Gasteiger charge is -2.19. The first-order chi connectivity index (χ1) is 6.19. The van der Waals surface area contributed by atoms with Crippen molar-refractivity contribution in [2.75, 3.05) is 4.43 Å². The van der Waals surface area contributed by atoms with Gasteiger partial charge in [-0.3, -0.25) is 0 Å². The fourth-order valence-electron chi connectivity index (χ4n) is 1.61. The van der Waals surface area contributed by atoms with Gasteiger partial charge in [-0.2, -0.15) is 5.26 Å². The Morgan fingerprint density at radius 2 is 2.38 bits per heavy atom. The largest absolute Gasteiger partial charge is 0.392 e. The monoisotopic (exact) mass is 295 g/mol. The van der Waals surface area contributed by atoms with Crippen LogP contribution in [-0.4, -0.2) is 27.8 Å². The number of aliphatic hydroxyl groups excluding tert-OH is 1. The molecule has 1 saturated heterocycles. The second kappa shape index (κ2) is 5.13. The van der Waals surface area contributed by atoms with Crippen molar-refractivity contribution in [2.24, 2.45) is 5.92 Å². The number of ether oxygens (including phenoxy) is 1. The maximum atomic E-state index is 9.33. The van der Waals surface area contributed by atoms with Gasteiger partial charge in [-0.15, -0.1) is 0 Å². The zero-order valence-electron chi connectivity index (χ0n) is 7.61. The number of nitriles is 1. The van der Waals surface area contributed by atoms with Crippen LogP contribution >= 0.6 is 22.6 Å². The molecule has 1 rings (SSSR count). The van der Waals surface area contributed by atoms with E-state index in [2.05, 4.69) is 28.7 Å². The second-order valence-electron chi connectivity index (χ2n) is 3.42. The SMILES string of the molecule is CC(O)C(C#N)C1CC[C@@H](CI)O1. The summed E-state index contributed by atoms with van der Waals surface area (Å²) in [6, 6.07) is 2.11. The molecular weight excluding hydrogens is 281 g/mol. The number of rotatable bonds is 3. The lowest BCUT2D eigenvalue weighted by Crippen LogP contribution is -2.29. The Hall–Kier alpha value is 0.140. The van der Waals surface area contributed by atoms with E-state index in [1.807, 2.05) is 0 Å². The lowest BCUT2D eigenvalue weighted by atomic mass is 9.96. The Bertz CT molecular complexity index is 202. The van der Waals surface area contributed by atoms with E-state index in [1.165, 1.54) is 0 Å². The highest BCUT2D eigenvalue weighted by molar-refractivity contribution is 14.1. The summed E-state index contributed by atoms with van der Waals surface area (Å²) < 4.78 is 6.60. The zero-order valence-corrected chi connectivity index (χ0v) is 9.77. The van der Waals surface area contributed by atoms with Crippen molar-refractivity contribution in [3.8, 4) is 6.07 Å². The van der Waals surface area contributed by atoms with Crippen LogP contribution in [0.5, 0.6) is 0 Å². The molecule has 0 spiro atoms. The van der Waals surface area contributed by atoms with Gasteiger partial charge in [0.2, 0.25) is 0 Å². The number of hydrogen-bond acceptors (Lipinski definition) is 3. The van der Waals surface area contributed by atoms with Crippen molar-refractivity contribution in [1.82, 2.24) is 0 Å². The van der Waals surface area contributed by atoms with Gasteiger partial charge in [0, 0.05) is 4.43 Å². The first-order valence-electron chi connectivity index (χ1n) is 4.48. The Morgan fingerprint density at radius 3 is 2.77 bits per heavy atom. The Morgan fingerprint density at radius 1 is 1.69 bits per heavy atom. The smallest absolute Gasteiger partial charge is 0.0981 e. The van der Waals surface area contributed by atoms with E-state index in [4.69, 9.17) is 10.00 Å². The quantitative estimate of drug-likeness (QED) is 0.634. The third kappa shape index (κ3) is 2.79. The van der Waals surface area contributed by atoms with Gasteiger partial charge in [0.1, 0.15) is 0 Å². The summed E-state index contributed by atoms with van der Waals surface area (Å²) in [5.41, 5.74) is 0. The Labute approximate surface area is 92.2 Å². The predicted molar refractivity (Wildman–Crippen MR) is 57.6 cm³/mol. The normalized spacial score (nSPS) is 32.5. The van der Waals surface area contributed by atoms with Crippen molar-refractivity contribution in [3.05, 3.63) is 0 Å². The lowest BCUT2D eigenvalue weighted by molar-refractivity contribution is -0.000631. The maximum absolute atomic E-state index is 9.33. The highest BCUT2D eigenvalue weighted by atomic mass is 127. The van der Waals surface area contributed by atoms with Gasteiger partial charge in [0.15, 0.2) is 0 Å². The molecule has 0 aromatic carbocycles. The van der Waals surface area contributed by atoms with Crippen LogP contribution in [0.15, 0.2) is 0 Å². The van der Waals surface area contributed by atoms with E-state index in [1.54, 1.807) is 6.92 Å². The summed E-state index contributed by atoms with van der Waals surface area (Å²) in [5.74, 6) is -0.368. The number of halogens is 1. The summed E-state index contributed by atoms with van der Waals surface area (Å²) in [4.78, 5) is 0. The molecule has 74 valence electrons. The number of aliphatic hydroxyl groups is 1. The Kier molecular flexibility index (Phi) is 4.42. The van der Waals surface area contributed by atoms with Crippen molar-refractivity contribution in [2.45, 2.75) is 38.1 Å². The van der Waals surface area contributed by atoms with E-state index in [9.17, 15) is 5.11 Å². The van der Waals surface area contributed by atoms with Crippen molar-refractivity contribution < 1.29 is 9.84 Å². The molecule has 0 amide bonds. The van der Waals surface area contributed by atoms with Gasteiger partial charge in [0.25, 0.3) is 0 Å². The topological polar surface area (TPSA) is 53.2 Å². The van der Waals surface area contributed by atoms with E-state index in [-0.39, 0.29) is 18.1 Å². The minimum atomic E-state index is -0.594. The highest BCUT2D eigenvalue weighted by Gasteiger charge is 2.33. The molecule has 4 atom stereocenters. The summed E-state index contributed by atoms with van der Waals surface area (Å²) in [6.07, 6.45) is 1.53. The molecule has 3 nitrogen and oxygen atoms in total. The zero-order chi connectivity index (χ0) is 9.84. The molecule has 0 aliphatic carbocycles. The molecule has 0 aromatic heterocycles. The van der Waals surface area contributed by atoms with Gasteiger partial charge in [0.05, 0.1) is 30.3 Å². The van der Waals surface area contributed by atoms with Gasteiger partial charge in [-0.1, -0.05) is 22.6 Å². The molecule has 1 N–H and O–H groups in total. The maximum Gasteiger partial charge on any atom is 0.0981 e. The molecule has 3 unspecified atom stereocenters. The van der Waals surface area contributed by atoms with Crippen molar-refractivity contribution in [3.63, 3.8) is 0 Å². The number of nitrogens with zero attached hydrogens (tertiary/aromatic N) is 1. The van der Waals surface area contributed by atoms with Gasteiger partial charge < -0.3 is 9.84 Å². The van der Waals surface area contributed by atoms with Crippen LogP contribution < -0.4 is 0 Å². The standard InChI is InChI=1S/C9H14INO2/c1-6(12)8(5-11)9-3-2-7(4-10)13-9/h6-9,12H,2-4H2,1H3/t6?,7-,8?,9?/m0/s1. The molecule has 1 heterocycles. The summed E-state index contributed by atoms with van der Waals surface area (Å²) in [7, 11) is 0. The van der Waals surface area contributed by atoms with E-state index in [0.717, 1.165) is 17.3 Å². The minimum Gasteiger partial charge on any atom is -0.392 e. The predicted octanol–water partition coefficient (Wildman–Crippen LogP) is 1.49. The van der Waals surface area contributed by atoms with Crippen LogP contribution in [0.2, 0.25) is 0 Å². The molecule has 1 fully saturated rings. The molecular formula is C9H14INO2. The second-order valence-corrected chi connectivity index (χ2v) is 4.30. The molecule has 0 saturated carbocycles. The van der Waals surface area contributed by atoms with Crippen LogP contribution in [-0.2, 0) is 4.74 Å². The van der Waals surface area contributed by atoms with Gasteiger partial charge >= 0.3 is 0 Å². The summed E-state index contributed by atoms with van der Waals surface area (Å²) >= 11 is 2.28. The Balaban J connectivity index is 2.49. The van der Waals surface area contributed by atoms with Crippen LogP contribution in [0.3, 0.4) is 0 Å². The van der Waals surface area contributed by atoms with Crippen LogP contribution in [0.1, 0.15) is 19.8 Å². The minimum absolute atomic E-state index is 0.0650. The molecule has 0 aromatic rings. The number of hydrogen-bond donors (Lipinski definition) is 1. The fourth-order valence-corrected chi connectivity index (χ4v) is 2.26. The van der Waals surface area contributed by atoms with E-state index in [0.29, 0.717) is 0 Å². The molecule has 0 radical (unpaired) electrons. The molecule has 1 aliphatic heterocycles. The third-order valence-electron chi connectivity index (χ3n) is 2.38. The third-order valence-corrected chi connectivity index (χ3v) is 3.36. The summed E-state index contributed by atoms with van der Waals surface area (Å²) in [5, 5.41) is 18.2. The average Bonchev–Trinajstić information content (AvgIpc) is 2.53. The van der Waals surface area contributed by atoms with E-state index >= 15 is 0 Å². The highest BCUT2D eigenvalue weighted by Crippen LogP contribution is 2.27. The first-order valence-corrected chi connectivity index (χ1v) is 6.00. The van der Waals surface area contributed by atoms with Gasteiger partial charge in [-0.05, 0) is 19.8 Å². The summed E-state index contributed by atoms with van der Waals surface area (Å²) in [6.45, 7) is 1.65. The fraction of sp³-hybridized carbons (Fsp3) is 0.889. The molecule has 1 aliphatic rings. The van der Waals surface area contributed by atoms with Crippen molar-refractivity contribution >= 4 is 22.6 Å². The van der Waals surface area contributed by atoms with E-state index < -0.39 is 6.10 Å². The van der Waals surface area contributed by atoms with Crippen LogP contribution in [0.25, 0.3) is 0 Å². The van der Waals surface area contributed by atoms with Gasteiger partial charge in [-0.25, -0.2) is 0 Å². The molecule has 13 heavy (non-hydrogen) atoms. The van der Waals surface area contributed by atoms with Crippen LogP contribution in [0, 0.1) is 17.2 Å². The molecule has 4 heteroatoms. The molecule has 0 bridgehead atoms. The first kappa shape index (κ1) is 11.2. The van der Waals surface area contributed by atoms with Crippen LogP contribution in [0.4, 0.5) is 0 Å². The van der Waals surface area contributed by atoms with Crippen molar-refractivity contribution in [1.29, 1.82) is 5.26 Å².